The van der Waals surface area contributed by atoms with Gasteiger partial charge in [-0.05, 0) is 67.8 Å². The largest absolute Gasteiger partial charge is 0.376 e. The Hall–Kier alpha value is -2.68. The summed E-state index contributed by atoms with van der Waals surface area (Å²) in [6.07, 6.45) is 2.13. The van der Waals surface area contributed by atoms with Crippen LogP contribution in [0.25, 0.3) is 11.4 Å². The Labute approximate surface area is 200 Å². The summed E-state index contributed by atoms with van der Waals surface area (Å²) in [5.74, 6) is 0.638. The molecule has 1 amide bonds. The summed E-state index contributed by atoms with van der Waals surface area (Å²) < 4.78 is 7.87. The number of ether oxygens (including phenoxy) is 1. The third-order valence-corrected chi connectivity index (χ3v) is 7.27. The maximum atomic E-state index is 13.0. The van der Waals surface area contributed by atoms with Crippen molar-refractivity contribution in [2.24, 2.45) is 0 Å². The Bertz CT molecular complexity index is 1200. The molecule has 1 N–H and O–H groups in total. The quantitative estimate of drug-likeness (QED) is 0.384. The van der Waals surface area contributed by atoms with Crippen molar-refractivity contribution in [3.05, 3.63) is 58.6 Å². The molecule has 0 radical (unpaired) electrons. The SMILES string of the molecule is C[C@H]1C(=O)Nc2ccc(C(=O)CSc3nnc(-c4ccc(Cl)cc4)n3C[C@@H]3CCCO3)cc21. The first-order valence-corrected chi connectivity index (χ1v) is 12.3. The summed E-state index contributed by atoms with van der Waals surface area (Å²) in [6.45, 7) is 3.24. The molecular formula is C24H23ClN4O3S. The standard InChI is InChI=1S/C24H23ClN4O3S/c1-14-19-11-16(6-9-20(19)26-23(14)31)21(30)13-33-24-28-27-22(15-4-7-17(25)8-5-15)29(24)12-18-3-2-10-32-18/h4-9,11,14,18H,2-3,10,12-13H2,1H3,(H,26,31)/t14-,18+/m1/s1. The number of carbonyl (C=O) groups excluding carboxylic acids is 2. The first kappa shape index (κ1) is 22.1. The van der Waals surface area contributed by atoms with Crippen LogP contribution < -0.4 is 5.32 Å². The third-order valence-electron chi connectivity index (χ3n) is 6.05. The van der Waals surface area contributed by atoms with Crippen LogP contribution in [0.5, 0.6) is 0 Å². The fraction of sp³-hybridized carbons (Fsp3) is 0.333. The van der Waals surface area contributed by atoms with Gasteiger partial charge in [-0.15, -0.1) is 10.2 Å². The molecule has 2 aliphatic heterocycles. The van der Waals surface area contributed by atoms with Crippen LogP contribution in [0.15, 0.2) is 47.6 Å². The number of aromatic nitrogens is 3. The fourth-order valence-electron chi connectivity index (χ4n) is 4.17. The smallest absolute Gasteiger partial charge is 0.231 e. The van der Waals surface area contributed by atoms with Crippen LogP contribution in [-0.2, 0) is 16.1 Å². The van der Waals surface area contributed by atoms with E-state index < -0.39 is 0 Å². The zero-order valence-corrected chi connectivity index (χ0v) is 19.7. The molecule has 9 heteroatoms. The molecule has 0 spiro atoms. The second kappa shape index (κ2) is 9.29. The molecule has 5 rings (SSSR count). The minimum absolute atomic E-state index is 0.0194. The molecule has 3 aromatic rings. The van der Waals surface area contributed by atoms with Gasteiger partial charge in [0.2, 0.25) is 5.91 Å². The van der Waals surface area contributed by atoms with Crippen LogP contribution in [0.3, 0.4) is 0 Å². The van der Waals surface area contributed by atoms with E-state index in [0.717, 1.165) is 42.1 Å². The van der Waals surface area contributed by atoms with E-state index >= 15 is 0 Å². The second-order valence-electron chi connectivity index (χ2n) is 8.28. The molecule has 0 bridgehead atoms. The van der Waals surface area contributed by atoms with Gasteiger partial charge in [0.05, 0.1) is 24.3 Å². The Morgan fingerprint density at radius 2 is 2.06 bits per heavy atom. The van der Waals surface area contributed by atoms with Gasteiger partial charge in [-0.3, -0.25) is 14.2 Å². The van der Waals surface area contributed by atoms with Crippen molar-refractivity contribution in [1.29, 1.82) is 0 Å². The fourth-order valence-corrected chi connectivity index (χ4v) is 5.14. The van der Waals surface area contributed by atoms with Crippen molar-refractivity contribution < 1.29 is 14.3 Å². The number of hydrogen-bond acceptors (Lipinski definition) is 6. The number of amides is 1. The van der Waals surface area contributed by atoms with Gasteiger partial charge in [0, 0.05) is 28.4 Å². The molecule has 2 aliphatic rings. The lowest BCUT2D eigenvalue weighted by Gasteiger charge is -2.14. The highest BCUT2D eigenvalue weighted by Gasteiger charge is 2.27. The van der Waals surface area contributed by atoms with Crippen LogP contribution in [0.2, 0.25) is 5.02 Å². The highest BCUT2D eigenvalue weighted by atomic mass is 35.5. The molecule has 0 aliphatic carbocycles. The maximum absolute atomic E-state index is 13.0. The molecular weight excluding hydrogens is 460 g/mol. The van der Waals surface area contributed by atoms with Gasteiger partial charge < -0.3 is 10.1 Å². The predicted molar refractivity (Wildman–Crippen MR) is 128 cm³/mol. The number of halogens is 1. The molecule has 33 heavy (non-hydrogen) atoms. The summed E-state index contributed by atoms with van der Waals surface area (Å²) >= 11 is 7.41. The second-order valence-corrected chi connectivity index (χ2v) is 9.66. The topological polar surface area (TPSA) is 86.1 Å². The average molecular weight is 483 g/mol. The Balaban J connectivity index is 1.36. The molecule has 3 heterocycles. The van der Waals surface area contributed by atoms with Crippen LogP contribution in [0.4, 0.5) is 5.69 Å². The van der Waals surface area contributed by atoms with E-state index in [9.17, 15) is 9.59 Å². The molecule has 170 valence electrons. The third kappa shape index (κ3) is 4.55. The highest BCUT2D eigenvalue weighted by molar-refractivity contribution is 7.99. The summed E-state index contributed by atoms with van der Waals surface area (Å²) in [7, 11) is 0. The molecule has 1 aromatic heterocycles. The van der Waals surface area contributed by atoms with E-state index in [0.29, 0.717) is 22.3 Å². The number of Topliss-reactive ketones (excluding diaryl/α,β-unsaturated/α-hetero) is 1. The van der Waals surface area contributed by atoms with Gasteiger partial charge in [0.25, 0.3) is 0 Å². The van der Waals surface area contributed by atoms with E-state index in [2.05, 4.69) is 15.5 Å². The summed E-state index contributed by atoms with van der Waals surface area (Å²) in [6, 6.07) is 12.9. The number of ketones is 1. The van der Waals surface area contributed by atoms with Crippen molar-refractivity contribution in [2.45, 2.75) is 43.5 Å². The molecule has 2 aromatic carbocycles. The number of thioether (sulfide) groups is 1. The monoisotopic (exact) mass is 482 g/mol. The molecule has 2 atom stereocenters. The van der Waals surface area contributed by atoms with E-state index in [1.807, 2.05) is 41.8 Å². The van der Waals surface area contributed by atoms with Gasteiger partial charge in [0.15, 0.2) is 16.8 Å². The summed E-state index contributed by atoms with van der Waals surface area (Å²) in [4.78, 5) is 24.9. The zero-order chi connectivity index (χ0) is 22.9. The number of nitrogens with one attached hydrogen (secondary N) is 1. The number of hydrogen-bond donors (Lipinski definition) is 1. The lowest BCUT2D eigenvalue weighted by atomic mass is 9.99. The lowest BCUT2D eigenvalue weighted by molar-refractivity contribution is -0.116. The van der Waals surface area contributed by atoms with Crippen LogP contribution >= 0.6 is 23.4 Å². The normalized spacial score (nSPS) is 19.5. The first-order chi connectivity index (χ1) is 16.0. The number of anilines is 1. The number of carbonyl (C=O) groups is 2. The minimum atomic E-state index is -0.253. The molecule has 1 saturated heterocycles. The number of rotatable bonds is 7. The first-order valence-electron chi connectivity index (χ1n) is 10.9. The van der Waals surface area contributed by atoms with Crippen LogP contribution in [-0.4, -0.2) is 44.9 Å². The Morgan fingerprint density at radius 1 is 1.24 bits per heavy atom. The van der Waals surface area contributed by atoms with Crippen molar-refractivity contribution in [2.75, 3.05) is 17.7 Å². The van der Waals surface area contributed by atoms with E-state index in [-0.39, 0.29) is 29.5 Å². The zero-order valence-electron chi connectivity index (χ0n) is 18.1. The van der Waals surface area contributed by atoms with Crippen molar-refractivity contribution >= 4 is 40.7 Å². The van der Waals surface area contributed by atoms with E-state index in [4.69, 9.17) is 16.3 Å². The molecule has 0 unspecified atom stereocenters. The molecule has 0 saturated carbocycles. The van der Waals surface area contributed by atoms with Gasteiger partial charge >= 0.3 is 0 Å². The van der Waals surface area contributed by atoms with Crippen LogP contribution in [0.1, 0.15) is 41.6 Å². The number of benzene rings is 2. The van der Waals surface area contributed by atoms with Crippen molar-refractivity contribution in [3.8, 4) is 11.4 Å². The van der Waals surface area contributed by atoms with E-state index in [1.54, 1.807) is 12.1 Å². The van der Waals surface area contributed by atoms with Gasteiger partial charge in [0.1, 0.15) is 0 Å². The van der Waals surface area contributed by atoms with Crippen molar-refractivity contribution in [3.63, 3.8) is 0 Å². The molecule has 7 nitrogen and oxygen atoms in total. The maximum Gasteiger partial charge on any atom is 0.231 e. The van der Waals surface area contributed by atoms with Gasteiger partial charge in [-0.25, -0.2) is 0 Å². The number of nitrogens with zero attached hydrogens (tertiary/aromatic N) is 3. The molecule has 1 fully saturated rings. The highest BCUT2D eigenvalue weighted by Crippen LogP contribution is 2.33. The predicted octanol–water partition coefficient (Wildman–Crippen LogP) is 4.81. The van der Waals surface area contributed by atoms with Gasteiger partial charge in [-0.1, -0.05) is 23.4 Å². The Kier molecular flexibility index (Phi) is 6.23. The van der Waals surface area contributed by atoms with Crippen LogP contribution in [0, 0.1) is 0 Å². The van der Waals surface area contributed by atoms with E-state index in [1.165, 1.54) is 11.8 Å². The lowest BCUT2D eigenvalue weighted by Crippen LogP contribution is -2.17. The summed E-state index contributed by atoms with van der Waals surface area (Å²) in [5.41, 5.74) is 3.14. The number of fused-ring (bicyclic) bond motifs is 1. The average Bonchev–Trinajstić information content (AvgIpc) is 3.54. The minimum Gasteiger partial charge on any atom is -0.376 e. The summed E-state index contributed by atoms with van der Waals surface area (Å²) in [5, 5.41) is 13.0. The van der Waals surface area contributed by atoms with Gasteiger partial charge in [-0.2, -0.15) is 0 Å². The van der Waals surface area contributed by atoms with Crippen molar-refractivity contribution in [1.82, 2.24) is 14.8 Å². The Morgan fingerprint density at radius 3 is 2.82 bits per heavy atom.